The zero-order valence-electron chi connectivity index (χ0n) is 10.5. The molecule has 2 aromatic rings. The molecular formula is C15H18N2O. The van der Waals surface area contributed by atoms with Gasteiger partial charge in [0.2, 0.25) is 0 Å². The lowest BCUT2D eigenvalue weighted by Crippen LogP contribution is -2.37. The Morgan fingerprint density at radius 2 is 1.94 bits per heavy atom. The summed E-state index contributed by atoms with van der Waals surface area (Å²) in [4.78, 5) is 6.87. The largest absolute Gasteiger partial charge is 0.379 e. The number of hydrogen-bond acceptors (Lipinski definition) is 3. The van der Waals surface area contributed by atoms with Crippen molar-refractivity contribution in [1.29, 1.82) is 0 Å². The zero-order valence-corrected chi connectivity index (χ0v) is 10.5. The second-order valence-electron chi connectivity index (χ2n) is 4.69. The lowest BCUT2D eigenvalue weighted by Gasteiger charge is -2.26. The van der Waals surface area contributed by atoms with Crippen LogP contribution < -0.4 is 0 Å². The first-order chi connectivity index (χ1) is 8.93. The van der Waals surface area contributed by atoms with E-state index in [0.717, 1.165) is 44.8 Å². The number of rotatable bonds is 3. The Labute approximate surface area is 107 Å². The van der Waals surface area contributed by atoms with E-state index in [4.69, 9.17) is 4.74 Å². The summed E-state index contributed by atoms with van der Waals surface area (Å²) in [7, 11) is 0. The molecule has 0 unspecified atom stereocenters. The molecule has 2 heterocycles. The van der Waals surface area contributed by atoms with Crippen molar-refractivity contribution >= 4 is 10.9 Å². The molecule has 0 N–H and O–H groups in total. The van der Waals surface area contributed by atoms with E-state index in [1.54, 1.807) is 0 Å². The van der Waals surface area contributed by atoms with Crippen molar-refractivity contribution in [3.63, 3.8) is 0 Å². The summed E-state index contributed by atoms with van der Waals surface area (Å²) < 4.78 is 5.37. The lowest BCUT2D eigenvalue weighted by atomic mass is 10.1. The van der Waals surface area contributed by atoms with Crippen LogP contribution in [0.5, 0.6) is 0 Å². The van der Waals surface area contributed by atoms with Gasteiger partial charge < -0.3 is 4.74 Å². The normalized spacial score (nSPS) is 17.1. The molecule has 3 heteroatoms. The van der Waals surface area contributed by atoms with Gasteiger partial charge in [-0.2, -0.15) is 0 Å². The van der Waals surface area contributed by atoms with Crippen LogP contribution in [0.2, 0.25) is 0 Å². The third-order valence-corrected chi connectivity index (χ3v) is 3.54. The van der Waals surface area contributed by atoms with Gasteiger partial charge in [0.15, 0.2) is 0 Å². The maximum Gasteiger partial charge on any atom is 0.0704 e. The number of benzene rings is 1. The molecule has 3 rings (SSSR count). The van der Waals surface area contributed by atoms with Crippen molar-refractivity contribution in [1.82, 2.24) is 9.88 Å². The molecule has 18 heavy (non-hydrogen) atoms. The van der Waals surface area contributed by atoms with Gasteiger partial charge in [-0.3, -0.25) is 9.88 Å². The minimum atomic E-state index is 0.872. The van der Waals surface area contributed by atoms with Gasteiger partial charge in [0.1, 0.15) is 0 Å². The third kappa shape index (κ3) is 2.52. The number of fused-ring (bicyclic) bond motifs is 1. The van der Waals surface area contributed by atoms with E-state index in [-0.39, 0.29) is 0 Å². The van der Waals surface area contributed by atoms with Gasteiger partial charge in [0, 0.05) is 31.2 Å². The average molecular weight is 242 g/mol. The fourth-order valence-electron chi connectivity index (χ4n) is 2.48. The van der Waals surface area contributed by atoms with Crippen LogP contribution in [0.15, 0.2) is 36.5 Å². The van der Waals surface area contributed by atoms with E-state index < -0.39 is 0 Å². The highest BCUT2D eigenvalue weighted by atomic mass is 16.5. The fourth-order valence-corrected chi connectivity index (χ4v) is 2.48. The third-order valence-electron chi connectivity index (χ3n) is 3.54. The lowest BCUT2D eigenvalue weighted by molar-refractivity contribution is 0.0385. The Balaban J connectivity index is 1.74. The van der Waals surface area contributed by atoms with Crippen LogP contribution in [0.4, 0.5) is 0 Å². The maximum absolute atomic E-state index is 5.37. The minimum Gasteiger partial charge on any atom is -0.379 e. The minimum absolute atomic E-state index is 0.872. The molecule has 0 radical (unpaired) electrons. The smallest absolute Gasteiger partial charge is 0.0704 e. The van der Waals surface area contributed by atoms with Crippen molar-refractivity contribution in [2.24, 2.45) is 0 Å². The van der Waals surface area contributed by atoms with Crippen LogP contribution in [0.25, 0.3) is 10.9 Å². The number of morpholine rings is 1. The Morgan fingerprint density at radius 1 is 1.11 bits per heavy atom. The van der Waals surface area contributed by atoms with Crippen molar-refractivity contribution < 1.29 is 4.74 Å². The summed E-state index contributed by atoms with van der Waals surface area (Å²) >= 11 is 0. The van der Waals surface area contributed by atoms with Gasteiger partial charge >= 0.3 is 0 Å². The molecule has 94 valence electrons. The molecule has 0 saturated carbocycles. The molecule has 1 aromatic heterocycles. The molecule has 0 spiro atoms. The highest BCUT2D eigenvalue weighted by molar-refractivity contribution is 5.81. The van der Waals surface area contributed by atoms with Crippen molar-refractivity contribution in [2.45, 2.75) is 6.42 Å². The number of aromatic nitrogens is 1. The highest BCUT2D eigenvalue weighted by Gasteiger charge is 2.10. The van der Waals surface area contributed by atoms with E-state index in [9.17, 15) is 0 Å². The topological polar surface area (TPSA) is 25.4 Å². The number of ether oxygens (including phenoxy) is 1. The van der Waals surface area contributed by atoms with Gasteiger partial charge in [-0.25, -0.2) is 0 Å². The molecular weight excluding hydrogens is 224 g/mol. The monoisotopic (exact) mass is 242 g/mol. The Hall–Kier alpha value is -1.45. The summed E-state index contributed by atoms with van der Waals surface area (Å²) in [6.07, 6.45) is 3.00. The number of pyridine rings is 1. The van der Waals surface area contributed by atoms with Crippen molar-refractivity contribution in [2.75, 3.05) is 32.8 Å². The quantitative estimate of drug-likeness (QED) is 0.824. The first-order valence-corrected chi connectivity index (χ1v) is 6.56. The molecule has 1 fully saturated rings. The Kier molecular flexibility index (Phi) is 3.53. The van der Waals surface area contributed by atoms with Crippen LogP contribution in [-0.2, 0) is 11.2 Å². The van der Waals surface area contributed by atoms with Crippen LogP contribution >= 0.6 is 0 Å². The first kappa shape index (κ1) is 11.6. The molecule has 0 aliphatic carbocycles. The molecule has 0 atom stereocenters. The summed E-state index contributed by atoms with van der Waals surface area (Å²) in [5.41, 5.74) is 2.49. The predicted octanol–water partition coefficient (Wildman–Crippen LogP) is 2.11. The predicted molar refractivity (Wildman–Crippen MR) is 72.7 cm³/mol. The van der Waals surface area contributed by atoms with Crippen LogP contribution in [0.1, 0.15) is 5.56 Å². The van der Waals surface area contributed by atoms with Crippen LogP contribution in [0.3, 0.4) is 0 Å². The molecule has 0 bridgehead atoms. The van der Waals surface area contributed by atoms with Gasteiger partial charge in [-0.15, -0.1) is 0 Å². The van der Waals surface area contributed by atoms with Gasteiger partial charge in [0.05, 0.1) is 18.7 Å². The summed E-state index contributed by atoms with van der Waals surface area (Å²) in [5, 5.41) is 1.29. The number of hydrogen-bond donors (Lipinski definition) is 0. The van der Waals surface area contributed by atoms with Gasteiger partial charge in [-0.1, -0.05) is 18.2 Å². The summed E-state index contributed by atoms with van der Waals surface area (Å²) in [5.74, 6) is 0. The maximum atomic E-state index is 5.37. The van der Waals surface area contributed by atoms with Crippen molar-refractivity contribution in [3.05, 3.63) is 42.1 Å². The van der Waals surface area contributed by atoms with E-state index in [1.807, 2.05) is 12.3 Å². The van der Waals surface area contributed by atoms with Gasteiger partial charge in [0.25, 0.3) is 0 Å². The van der Waals surface area contributed by atoms with Crippen LogP contribution in [0, 0.1) is 0 Å². The first-order valence-electron chi connectivity index (χ1n) is 6.56. The molecule has 1 aliphatic rings. The number of para-hydroxylation sites is 1. The molecule has 1 aromatic carbocycles. The summed E-state index contributed by atoms with van der Waals surface area (Å²) in [6, 6.07) is 10.5. The standard InChI is InChI=1S/C15H18N2O/c1-2-4-15-14(3-1)13(5-7-16-15)6-8-17-9-11-18-12-10-17/h1-5,7H,6,8-12H2. The SMILES string of the molecule is c1ccc2c(CCN3CCOCC3)ccnc2c1. The van der Waals surface area contributed by atoms with E-state index in [0.29, 0.717) is 0 Å². The Morgan fingerprint density at radius 3 is 2.83 bits per heavy atom. The average Bonchev–Trinajstić information content (AvgIpc) is 2.46. The summed E-state index contributed by atoms with van der Waals surface area (Å²) in [6.45, 7) is 4.97. The molecule has 1 saturated heterocycles. The molecule has 1 aliphatic heterocycles. The van der Waals surface area contributed by atoms with Crippen LogP contribution in [-0.4, -0.2) is 42.7 Å². The molecule has 3 nitrogen and oxygen atoms in total. The second kappa shape index (κ2) is 5.46. The fraction of sp³-hybridized carbons (Fsp3) is 0.400. The van der Waals surface area contributed by atoms with E-state index in [1.165, 1.54) is 10.9 Å². The van der Waals surface area contributed by atoms with E-state index >= 15 is 0 Å². The zero-order chi connectivity index (χ0) is 12.2. The molecule has 0 amide bonds. The van der Waals surface area contributed by atoms with Gasteiger partial charge in [-0.05, 0) is 24.1 Å². The van der Waals surface area contributed by atoms with Crippen molar-refractivity contribution in [3.8, 4) is 0 Å². The van der Waals surface area contributed by atoms with E-state index in [2.05, 4.69) is 34.1 Å². The second-order valence-corrected chi connectivity index (χ2v) is 4.69. The highest BCUT2D eigenvalue weighted by Crippen LogP contribution is 2.17. The Bertz CT molecular complexity index is 515. The number of nitrogens with zero attached hydrogens (tertiary/aromatic N) is 2.